The molecule has 0 fully saturated rings. The Bertz CT molecular complexity index is 442. The summed E-state index contributed by atoms with van der Waals surface area (Å²) in [4.78, 5) is 26.9. The third-order valence-electron chi connectivity index (χ3n) is 2.56. The number of imidazole rings is 1. The zero-order valence-corrected chi connectivity index (χ0v) is 11.2. The molecule has 0 bridgehead atoms. The van der Waals surface area contributed by atoms with Crippen LogP contribution in [0, 0.1) is 5.92 Å². The molecule has 7 heteroatoms. The van der Waals surface area contributed by atoms with Gasteiger partial charge in [0.05, 0.1) is 6.33 Å². The molecule has 1 atom stereocenters. The van der Waals surface area contributed by atoms with Crippen LogP contribution in [-0.4, -0.2) is 39.1 Å². The Morgan fingerprint density at radius 1 is 1.53 bits per heavy atom. The first kappa shape index (κ1) is 15.2. The average molecular weight is 268 g/mol. The number of rotatable bonds is 7. The van der Waals surface area contributed by atoms with Crippen molar-refractivity contribution in [3.63, 3.8) is 0 Å². The fraction of sp³-hybridized carbons (Fsp3) is 0.583. The van der Waals surface area contributed by atoms with Gasteiger partial charge in [-0.3, -0.25) is 4.79 Å². The molecule has 1 aromatic rings. The highest BCUT2D eigenvalue weighted by Gasteiger charge is 2.22. The Labute approximate surface area is 111 Å². The molecule has 1 heterocycles. The highest BCUT2D eigenvalue weighted by Crippen LogP contribution is 2.06. The molecule has 0 radical (unpaired) electrons. The third kappa shape index (κ3) is 4.70. The second kappa shape index (κ2) is 6.89. The standard InChI is InChI=1S/C12H20N4O3/c1-8(2)5-9(12(18)19)15-11(17)10-6-16(4-3-13)7-14-10/h6-9H,3-5,13H2,1-2H3,(H,15,17)(H,18,19)/t9-/m1/s1. The molecular weight excluding hydrogens is 248 g/mol. The molecule has 4 N–H and O–H groups in total. The largest absolute Gasteiger partial charge is 0.480 e. The lowest BCUT2D eigenvalue weighted by Gasteiger charge is -2.15. The lowest BCUT2D eigenvalue weighted by Crippen LogP contribution is -2.41. The molecule has 0 spiro atoms. The van der Waals surface area contributed by atoms with Crippen LogP contribution >= 0.6 is 0 Å². The molecule has 106 valence electrons. The normalized spacial score (nSPS) is 12.4. The van der Waals surface area contributed by atoms with E-state index in [9.17, 15) is 9.59 Å². The van der Waals surface area contributed by atoms with E-state index in [4.69, 9.17) is 10.8 Å². The van der Waals surface area contributed by atoms with Crippen molar-refractivity contribution >= 4 is 11.9 Å². The van der Waals surface area contributed by atoms with Crippen molar-refractivity contribution in [1.29, 1.82) is 0 Å². The average Bonchev–Trinajstić information content (AvgIpc) is 2.76. The van der Waals surface area contributed by atoms with Crippen molar-refractivity contribution in [1.82, 2.24) is 14.9 Å². The number of hydrogen-bond donors (Lipinski definition) is 3. The minimum Gasteiger partial charge on any atom is -0.480 e. The minimum atomic E-state index is -1.04. The highest BCUT2D eigenvalue weighted by molar-refractivity contribution is 5.94. The Morgan fingerprint density at radius 2 is 2.21 bits per heavy atom. The number of nitrogens with two attached hydrogens (primary N) is 1. The molecule has 0 aliphatic carbocycles. The van der Waals surface area contributed by atoms with Crippen molar-refractivity contribution in [2.24, 2.45) is 11.7 Å². The molecule has 0 saturated carbocycles. The summed E-state index contributed by atoms with van der Waals surface area (Å²) >= 11 is 0. The van der Waals surface area contributed by atoms with Crippen LogP contribution in [0.2, 0.25) is 0 Å². The lowest BCUT2D eigenvalue weighted by atomic mass is 10.0. The second-order valence-corrected chi connectivity index (χ2v) is 4.78. The van der Waals surface area contributed by atoms with Crippen LogP contribution in [-0.2, 0) is 11.3 Å². The molecule has 0 aliphatic rings. The summed E-state index contributed by atoms with van der Waals surface area (Å²) in [6.45, 7) is 4.81. The van der Waals surface area contributed by atoms with Crippen molar-refractivity contribution in [3.05, 3.63) is 18.2 Å². The van der Waals surface area contributed by atoms with E-state index in [2.05, 4.69) is 10.3 Å². The first-order valence-electron chi connectivity index (χ1n) is 6.19. The highest BCUT2D eigenvalue weighted by atomic mass is 16.4. The molecule has 0 aromatic carbocycles. The molecular formula is C12H20N4O3. The minimum absolute atomic E-state index is 0.177. The van der Waals surface area contributed by atoms with E-state index in [1.807, 2.05) is 13.8 Å². The number of carboxylic acid groups (broad SMARTS) is 1. The maximum absolute atomic E-state index is 11.9. The predicted octanol–water partition coefficient (Wildman–Crippen LogP) is 0.0709. The summed E-state index contributed by atoms with van der Waals surface area (Å²) in [7, 11) is 0. The number of aliphatic carboxylic acids is 1. The fourth-order valence-electron chi connectivity index (χ4n) is 1.67. The predicted molar refractivity (Wildman–Crippen MR) is 69.6 cm³/mol. The van der Waals surface area contributed by atoms with E-state index in [1.165, 1.54) is 6.33 Å². The topological polar surface area (TPSA) is 110 Å². The number of nitrogens with one attached hydrogen (secondary N) is 1. The summed E-state index contributed by atoms with van der Waals surface area (Å²) < 4.78 is 1.69. The van der Waals surface area contributed by atoms with Gasteiger partial charge >= 0.3 is 5.97 Å². The quantitative estimate of drug-likeness (QED) is 0.648. The van der Waals surface area contributed by atoms with Gasteiger partial charge in [-0.2, -0.15) is 0 Å². The van der Waals surface area contributed by atoms with E-state index < -0.39 is 17.9 Å². The first-order valence-corrected chi connectivity index (χ1v) is 6.19. The molecule has 0 aliphatic heterocycles. The van der Waals surface area contributed by atoms with E-state index in [1.54, 1.807) is 10.8 Å². The van der Waals surface area contributed by atoms with Gasteiger partial charge in [-0.05, 0) is 12.3 Å². The number of amides is 1. The van der Waals surface area contributed by atoms with Gasteiger partial charge in [-0.1, -0.05) is 13.8 Å². The van der Waals surface area contributed by atoms with Gasteiger partial charge in [0.1, 0.15) is 11.7 Å². The molecule has 0 saturated heterocycles. The number of carbonyl (C=O) groups is 2. The molecule has 1 rings (SSSR count). The lowest BCUT2D eigenvalue weighted by molar-refractivity contribution is -0.139. The number of carboxylic acids is 1. The summed E-state index contributed by atoms with van der Waals surface area (Å²) in [5.74, 6) is -1.34. The van der Waals surface area contributed by atoms with E-state index >= 15 is 0 Å². The SMILES string of the molecule is CC(C)C[C@@H](NC(=O)c1cn(CCN)cn1)C(=O)O. The number of nitrogens with zero attached hydrogens (tertiary/aromatic N) is 2. The Hall–Kier alpha value is -1.89. The van der Waals surface area contributed by atoms with Crippen LogP contribution in [0.15, 0.2) is 12.5 Å². The van der Waals surface area contributed by atoms with Crippen molar-refractivity contribution in [2.75, 3.05) is 6.54 Å². The summed E-state index contributed by atoms with van der Waals surface area (Å²) in [6, 6.07) is -0.896. The van der Waals surface area contributed by atoms with Gasteiger partial charge in [-0.25, -0.2) is 9.78 Å². The zero-order chi connectivity index (χ0) is 14.4. The summed E-state index contributed by atoms with van der Waals surface area (Å²) in [5, 5.41) is 11.5. The van der Waals surface area contributed by atoms with Crippen LogP contribution in [0.3, 0.4) is 0 Å². The summed E-state index contributed by atoms with van der Waals surface area (Å²) in [6.07, 6.45) is 3.43. The van der Waals surface area contributed by atoms with Crippen LogP contribution in [0.4, 0.5) is 0 Å². The molecule has 0 unspecified atom stereocenters. The Morgan fingerprint density at radius 3 is 2.74 bits per heavy atom. The van der Waals surface area contributed by atoms with E-state index in [0.717, 1.165) is 0 Å². The number of aromatic nitrogens is 2. The maximum atomic E-state index is 11.9. The maximum Gasteiger partial charge on any atom is 0.326 e. The number of hydrogen-bond acceptors (Lipinski definition) is 4. The van der Waals surface area contributed by atoms with Crippen molar-refractivity contribution < 1.29 is 14.7 Å². The summed E-state index contributed by atoms with van der Waals surface area (Å²) in [5.41, 5.74) is 5.59. The fourth-order valence-corrected chi connectivity index (χ4v) is 1.67. The molecule has 1 amide bonds. The first-order chi connectivity index (χ1) is 8.93. The van der Waals surface area contributed by atoms with Crippen LogP contribution in [0.25, 0.3) is 0 Å². The van der Waals surface area contributed by atoms with Gasteiger partial charge in [-0.15, -0.1) is 0 Å². The Balaban J connectivity index is 2.67. The van der Waals surface area contributed by atoms with Crippen LogP contribution in [0.1, 0.15) is 30.8 Å². The van der Waals surface area contributed by atoms with E-state index in [-0.39, 0.29) is 11.6 Å². The van der Waals surface area contributed by atoms with Crippen molar-refractivity contribution in [2.45, 2.75) is 32.9 Å². The third-order valence-corrected chi connectivity index (χ3v) is 2.56. The zero-order valence-electron chi connectivity index (χ0n) is 11.2. The van der Waals surface area contributed by atoms with Gasteiger partial charge in [0.15, 0.2) is 0 Å². The Kier molecular flexibility index (Phi) is 5.50. The van der Waals surface area contributed by atoms with Crippen molar-refractivity contribution in [3.8, 4) is 0 Å². The molecule has 19 heavy (non-hydrogen) atoms. The van der Waals surface area contributed by atoms with Gasteiger partial charge < -0.3 is 20.7 Å². The van der Waals surface area contributed by atoms with Crippen LogP contribution in [0.5, 0.6) is 0 Å². The number of carbonyl (C=O) groups excluding carboxylic acids is 1. The smallest absolute Gasteiger partial charge is 0.326 e. The molecule has 7 nitrogen and oxygen atoms in total. The van der Waals surface area contributed by atoms with Crippen LogP contribution < -0.4 is 11.1 Å². The van der Waals surface area contributed by atoms with Gasteiger partial charge in [0, 0.05) is 19.3 Å². The second-order valence-electron chi connectivity index (χ2n) is 4.78. The van der Waals surface area contributed by atoms with Gasteiger partial charge in [0.2, 0.25) is 0 Å². The van der Waals surface area contributed by atoms with Gasteiger partial charge in [0.25, 0.3) is 5.91 Å². The van der Waals surface area contributed by atoms with E-state index in [0.29, 0.717) is 19.5 Å². The monoisotopic (exact) mass is 268 g/mol. The molecule has 1 aromatic heterocycles.